The third kappa shape index (κ3) is 5.38. The van der Waals surface area contributed by atoms with Crippen molar-refractivity contribution in [3.8, 4) is 0 Å². The van der Waals surface area contributed by atoms with Crippen LogP contribution in [0.4, 0.5) is 0 Å². The van der Waals surface area contributed by atoms with Crippen LogP contribution in [0.15, 0.2) is 24.3 Å². The van der Waals surface area contributed by atoms with Crippen molar-refractivity contribution >= 4 is 11.6 Å². The maximum Gasteiger partial charge on any atom is 0.0472 e. The molecule has 1 aromatic carbocycles. The summed E-state index contributed by atoms with van der Waals surface area (Å²) in [4.78, 5) is 0. The van der Waals surface area contributed by atoms with Crippen LogP contribution < -0.4 is 5.32 Å². The third-order valence-electron chi connectivity index (χ3n) is 2.94. The first-order valence-electron chi connectivity index (χ1n) is 6.82. The van der Waals surface area contributed by atoms with Gasteiger partial charge >= 0.3 is 0 Å². The molecule has 0 aliphatic carbocycles. The summed E-state index contributed by atoms with van der Waals surface area (Å²) in [6, 6.07) is 8.10. The Morgan fingerprint density at radius 2 is 2.00 bits per heavy atom. The molecule has 18 heavy (non-hydrogen) atoms. The molecule has 102 valence electrons. The van der Waals surface area contributed by atoms with E-state index in [0.717, 1.165) is 44.2 Å². The topological polar surface area (TPSA) is 21.3 Å². The van der Waals surface area contributed by atoms with Crippen LogP contribution in [0.3, 0.4) is 0 Å². The van der Waals surface area contributed by atoms with Gasteiger partial charge in [-0.3, -0.25) is 0 Å². The molecule has 0 bridgehead atoms. The van der Waals surface area contributed by atoms with Crippen LogP contribution in [0.1, 0.15) is 38.2 Å². The Bertz CT molecular complexity index is 330. The second kappa shape index (κ2) is 9.37. The Balaban J connectivity index is 2.57. The molecule has 0 fully saturated rings. The highest BCUT2D eigenvalue weighted by atomic mass is 35.5. The summed E-state index contributed by atoms with van der Waals surface area (Å²) in [7, 11) is 0. The van der Waals surface area contributed by atoms with Crippen molar-refractivity contribution in [1.82, 2.24) is 5.32 Å². The van der Waals surface area contributed by atoms with E-state index in [-0.39, 0.29) is 0 Å². The summed E-state index contributed by atoms with van der Waals surface area (Å²) in [6.45, 7) is 7.83. The van der Waals surface area contributed by atoms with Crippen LogP contribution in [0.2, 0.25) is 5.02 Å². The smallest absolute Gasteiger partial charge is 0.0472 e. The molecule has 0 saturated carbocycles. The van der Waals surface area contributed by atoms with Crippen molar-refractivity contribution in [2.24, 2.45) is 0 Å². The van der Waals surface area contributed by atoms with Crippen LogP contribution in [0, 0.1) is 0 Å². The van der Waals surface area contributed by atoms with E-state index in [0.29, 0.717) is 5.92 Å². The lowest BCUT2D eigenvalue weighted by Gasteiger charge is -2.19. The van der Waals surface area contributed by atoms with Crippen LogP contribution in [-0.4, -0.2) is 26.3 Å². The summed E-state index contributed by atoms with van der Waals surface area (Å²) in [6.07, 6.45) is 2.08. The maximum absolute atomic E-state index is 6.27. The van der Waals surface area contributed by atoms with Gasteiger partial charge in [-0.2, -0.15) is 0 Å². The van der Waals surface area contributed by atoms with Crippen molar-refractivity contribution in [2.45, 2.75) is 32.6 Å². The number of nitrogens with one attached hydrogen (secondary N) is 1. The number of hydrogen-bond acceptors (Lipinski definition) is 2. The average molecular weight is 270 g/mol. The van der Waals surface area contributed by atoms with Gasteiger partial charge in [0, 0.05) is 24.8 Å². The quantitative estimate of drug-likeness (QED) is 0.688. The van der Waals surface area contributed by atoms with Gasteiger partial charge in [0.2, 0.25) is 0 Å². The van der Waals surface area contributed by atoms with E-state index in [4.69, 9.17) is 16.3 Å². The molecule has 0 spiro atoms. The molecule has 1 aromatic rings. The Kier molecular flexibility index (Phi) is 8.06. The second-order valence-electron chi connectivity index (χ2n) is 4.43. The summed E-state index contributed by atoms with van der Waals surface area (Å²) in [5, 5.41) is 4.26. The Morgan fingerprint density at radius 1 is 1.22 bits per heavy atom. The fraction of sp³-hybridized carbons (Fsp3) is 0.600. The fourth-order valence-electron chi connectivity index (χ4n) is 1.96. The van der Waals surface area contributed by atoms with Gasteiger partial charge in [0.1, 0.15) is 0 Å². The van der Waals surface area contributed by atoms with E-state index in [1.807, 2.05) is 18.2 Å². The molecule has 1 N–H and O–H groups in total. The Hall–Kier alpha value is -0.570. The molecule has 0 amide bonds. The van der Waals surface area contributed by atoms with Crippen LogP contribution in [0.25, 0.3) is 0 Å². The molecule has 0 heterocycles. The first kappa shape index (κ1) is 15.5. The van der Waals surface area contributed by atoms with Gasteiger partial charge < -0.3 is 10.1 Å². The molecule has 2 nitrogen and oxygen atoms in total. The lowest BCUT2D eigenvalue weighted by molar-refractivity contribution is 0.127. The van der Waals surface area contributed by atoms with Crippen LogP contribution >= 0.6 is 11.6 Å². The number of hydrogen-bond donors (Lipinski definition) is 1. The van der Waals surface area contributed by atoms with Crippen LogP contribution in [-0.2, 0) is 4.74 Å². The van der Waals surface area contributed by atoms with Crippen molar-refractivity contribution in [3.63, 3.8) is 0 Å². The monoisotopic (exact) mass is 269 g/mol. The van der Waals surface area contributed by atoms with E-state index >= 15 is 0 Å². The molecule has 0 aliphatic heterocycles. The largest absolute Gasteiger partial charge is 0.381 e. The zero-order chi connectivity index (χ0) is 13.2. The third-order valence-corrected chi connectivity index (χ3v) is 3.29. The van der Waals surface area contributed by atoms with Crippen molar-refractivity contribution < 1.29 is 4.74 Å². The molecular formula is C15H24ClNO. The Labute approximate surface area is 116 Å². The SMILES string of the molecule is CCCOCCC(CNCC)c1ccccc1Cl. The lowest BCUT2D eigenvalue weighted by Crippen LogP contribution is -2.22. The number of rotatable bonds is 9. The first-order valence-corrected chi connectivity index (χ1v) is 7.20. The van der Waals surface area contributed by atoms with Crippen molar-refractivity contribution in [1.29, 1.82) is 0 Å². The van der Waals surface area contributed by atoms with Gasteiger partial charge in [0.05, 0.1) is 0 Å². The highest BCUT2D eigenvalue weighted by molar-refractivity contribution is 6.31. The van der Waals surface area contributed by atoms with Gasteiger partial charge in [-0.25, -0.2) is 0 Å². The lowest BCUT2D eigenvalue weighted by atomic mass is 9.96. The summed E-state index contributed by atoms with van der Waals surface area (Å²) in [5.41, 5.74) is 1.22. The molecule has 3 heteroatoms. The molecule has 0 aromatic heterocycles. The predicted octanol–water partition coefficient (Wildman–Crippen LogP) is 3.85. The predicted molar refractivity (Wildman–Crippen MR) is 78.5 cm³/mol. The molecule has 0 aliphatic rings. The zero-order valence-electron chi connectivity index (χ0n) is 11.4. The van der Waals surface area contributed by atoms with Gasteiger partial charge in [-0.05, 0) is 36.9 Å². The van der Waals surface area contributed by atoms with E-state index in [1.54, 1.807) is 0 Å². The van der Waals surface area contributed by atoms with Crippen LogP contribution in [0.5, 0.6) is 0 Å². The summed E-state index contributed by atoms with van der Waals surface area (Å²) in [5.74, 6) is 0.426. The highest BCUT2D eigenvalue weighted by Gasteiger charge is 2.13. The minimum absolute atomic E-state index is 0.426. The number of likely N-dealkylation sites (N-methyl/N-ethyl adjacent to an activating group) is 1. The molecule has 1 unspecified atom stereocenters. The van der Waals surface area contributed by atoms with E-state index in [9.17, 15) is 0 Å². The standard InChI is InChI=1S/C15H24ClNO/c1-3-10-18-11-9-13(12-17-4-2)14-7-5-6-8-15(14)16/h5-8,13,17H,3-4,9-12H2,1-2H3. The van der Waals surface area contributed by atoms with Crippen molar-refractivity contribution in [3.05, 3.63) is 34.9 Å². The molecule has 0 saturated heterocycles. The maximum atomic E-state index is 6.27. The minimum Gasteiger partial charge on any atom is -0.381 e. The van der Waals surface area contributed by atoms with E-state index in [2.05, 4.69) is 25.2 Å². The van der Waals surface area contributed by atoms with Gasteiger partial charge in [0.15, 0.2) is 0 Å². The highest BCUT2D eigenvalue weighted by Crippen LogP contribution is 2.26. The molecule has 1 atom stereocenters. The first-order chi connectivity index (χ1) is 8.79. The fourth-order valence-corrected chi connectivity index (χ4v) is 2.25. The van der Waals surface area contributed by atoms with Gasteiger partial charge in [-0.1, -0.05) is 43.6 Å². The number of halogens is 1. The summed E-state index contributed by atoms with van der Waals surface area (Å²) >= 11 is 6.27. The Morgan fingerprint density at radius 3 is 2.67 bits per heavy atom. The summed E-state index contributed by atoms with van der Waals surface area (Å²) < 4.78 is 5.58. The minimum atomic E-state index is 0.426. The number of ether oxygens (including phenoxy) is 1. The van der Waals surface area contributed by atoms with E-state index in [1.165, 1.54) is 5.56 Å². The molecular weight excluding hydrogens is 246 g/mol. The van der Waals surface area contributed by atoms with Crippen molar-refractivity contribution in [2.75, 3.05) is 26.3 Å². The normalized spacial score (nSPS) is 12.6. The second-order valence-corrected chi connectivity index (χ2v) is 4.83. The zero-order valence-corrected chi connectivity index (χ0v) is 12.2. The van der Waals surface area contributed by atoms with E-state index < -0.39 is 0 Å². The van der Waals surface area contributed by atoms with Gasteiger partial charge in [-0.15, -0.1) is 0 Å². The number of benzene rings is 1. The average Bonchev–Trinajstić information content (AvgIpc) is 2.39. The van der Waals surface area contributed by atoms with Gasteiger partial charge in [0.25, 0.3) is 0 Å². The molecule has 0 radical (unpaired) electrons. The molecule has 1 rings (SSSR count).